The molecule has 238 valence electrons. The zero-order valence-corrected chi connectivity index (χ0v) is 25.3. The van der Waals surface area contributed by atoms with Gasteiger partial charge in [0.25, 0.3) is 0 Å². The van der Waals surface area contributed by atoms with Crippen LogP contribution < -0.4 is 11.4 Å². The van der Waals surface area contributed by atoms with Crippen LogP contribution >= 0.6 is 0 Å². The molecule has 3 heterocycles. The maximum absolute atomic E-state index is 13.5. The van der Waals surface area contributed by atoms with Crippen molar-refractivity contribution < 1.29 is 33.3 Å². The lowest BCUT2D eigenvalue weighted by Gasteiger charge is -2.25. The van der Waals surface area contributed by atoms with Crippen molar-refractivity contribution in [3.8, 4) is 0 Å². The Labute approximate surface area is 267 Å². The van der Waals surface area contributed by atoms with E-state index in [9.17, 15) is 19.2 Å². The van der Waals surface area contributed by atoms with Crippen LogP contribution in [-0.4, -0.2) is 62.3 Å². The Morgan fingerprint density at radius 3 is 1.77 bits per heavy atom. The quantitative estimate of drug-likeness (QED) is 0.194. The number of carbonyl (C=O) groups is 3. The molecule has 0 bridgehead atoms. The molecule has 3 aromatic carbocycles. The van der Waals surface area contributed by atoms with Crippen LogP contribution in [0.2, 0.25) is 0 Å². The Balaban J connectivity index is 1.43. The summed E-state index contributed by atoms with van der Waals surface area (Å²) in [7, 11) is 0. The molecular weight excluding hydrogens is 606 g/mol. The van der Waals surface area contributed by atoms with E-state index in [1.165, 1.54) is 12.1 Å². The molecule has 0 saturated carbocycles. The number of aromatic nitrogens is 4. The van der Waals surface area contributed by atoms with Gasteiger partial charge in [-0.25, -0.2) is 33.7 Å². The predicted octanol–water partition coefficient (Wildman–Crippen LogP) is 3.59. The molecule has 2 aromatic heterocycles. The topological polar surface area (TPSA) is 175 Å². The standard InChI is InChI=1S/C34H29N5O8/c1-19-20(2)37-29-25(36-19)28(35)39(34(43)38-29)30-27(47-33(42)23-16-10-5-11-17-23)26(46-32(41)22-14-8-4-9-15-22)24(45-30)18-44-31(40)21-12-6-3-7-13-21/h3-17,24,26-27,30H,18,35H2,1-2H3/t24-,26-,27-,30-/m1/s1. The Morgan fingerprint density at radius 1 is 0.723 bits per heavy atom. The maximum Gasteiger partial charge on any atom is 0.353 e. The highest BCUT2D eigenvalue weighted by Gasteiger charge is 2.52. The zero-order valence-electron chi connectivity index (χ0n) is 25.3. The smallest absolute Gasteiger partial charge is 0.353 e. The molecule has 1 fully saturated rings. The first-order valence-corrected chi connectivity index (χ1v) is 14.6. The van der Waals surface area contributed by atoms with Gasteiger partial charge < -0.3 is 24.7 Å². The lowest BCUT2D eigenvalue weighted by Crippen LogP contribution is -2.43. The summed E-state index contributed by atoms with van der Waals surface area (Å²) in [5, 5.41) is 0. The number of hydrogen-bond acceptors (Lipinski definition) is 12. The SMILES string of the molecule is Cc1nc2nc(=O)n([C@@H]3O[C@H](COC(=O)c4ccccc4)[C@@H](OC(=O)c4ccccc4)[C@H]3OC(=O)c3ccccc3)c(N)c2nc1C. The fourth-order valence-electron chi connectivity index (χ4n) is 5.11. The van der Waals surface area contributed by atoms with E-state index in [0.29, 0.717) is 11.4 Å². The lowest BCUT2D eigenvalue weighted by atomic mass is 10.1. The largest absolute Gasteiger partial charge is 0.459 e. The highest BCUT2D eigenvalue weighted by molar-refractivity contribution is 5.91. The van der Waals surface area contributed by atoms with E-state index in [-0.39, 0.29) is 33.7 Å². The summed E-state index contributed by atoms with van der Waals surface area (Å²) in [6, 6.07) is 24.5. The van der Waals surface area contributed by atoms with Crippen LogP contribution in [0.5, 0.6) is 0 Å². The number of nitrogens with two attached hydrogens (primary N) is 1. The number of rotatable bonds is 8. The van der Waals surface area contributed by atoms with Crippen molar-refractivity contribution in [1.29, 1.82) is 0 Å². The molecule has 47 heavy (non-hydrogen) atoms. The van der Waals surface area contributed by atoms with Crippen LogP contribution in [0.25, 0.3) is 11.2 Å². The molecule has 0 spiro atoms. The molecule has 0 radical (unpaired) electrons. The number of fused-ring (bicyclic) bond motifs is 1. The average Bonchev–Trinajstić information content (AvgIpc) is 3.41. The van der Waals surface area contributed by atoms with E-state index in [1.54, 1.807) is 92.7 Å². The fraction of sp³-hybridized carbons (Fsp3) is 0.206. The second kappa shape index (κ2) is 13.2. The van der Waals surface area contributed by atoms with Gasteiger partial charge in [0.1, 0.15) is 24.0 Å². The van der Waals surface area contributed by atoms with E-state index in [1.807, 2.05) is 0 Å². The first-order chi connectivity index (χ1) is 22.7. The van der Waals surface area contributed by atoms with Crippen molar-refractivity contribution in [2.75, 3.05) is 12.3 Å². The van der Waals surface area contributed by atoms with Crippen LogP contribution in [0, 0.1) is 13.8 Å². The van der Waals surface area contributed by atoms with Crippen molar-refractivity contribution in [2.45, 2.75) is 38.4 Å². The number of hydrogen-bond donors (Lipinski definition) is 1. The summed E-state index contributed by atoms with van der Waals surface area (Å²) >= 11 is 0. The van der Waals surface area contributed by atoms with Gasteiger partial charge in [-0.2, -0.15) is 4.98 Å². The number of esters is 3. The van der Waals surface area contributed by atoms with E-state index < -0.39 is 54.7 Å². The zero-order chi connectivity index (χ0) is 33.1. The molecule has 5 aromatic rings. The molecule has 1 aliphatic rings. The van der Waals surface area contributed by atoms with Crippen molar-refractivity contribution in [2.24, 2.45) is 0 Å². The van der Waals surface area contributed by atoms with Crippen LogP contribution in [0.3, 0.4) is 0 Å². The van der Waals surface area contributed by atoms with Crippen molar-refractivity contribution in [1.82, 2.24) is 19.5 Å². The summed E-state index contributed by atoms with van der Waals surface area (Å²) in [4.78, 5) is 66.1. The van der Waals surface area contributed by atoms with Crippen LogP contribution in [-0.2, 0) is 18.9 Å². The van der Waals surface area contributed by atoms with E-state index >= 15 is 0 Å². The minimum Gasteiger partial charge on any atom is -0.459 e. The molecule has 0 aliphatic carbocycles. The first kappa shape index (κ1) is 31.0. The average molecular weight is 636 g/mol. The van der Waals surface area contributed by atoms with Crippen LogP contribution in [0.1, 0.15) is 48.7 Å². The van der Waals surface area contributed by atoms with Gasteiger partial charge in [-0.3, -0.25) is 0 Å². The first-order valence-electron chi connectivity index (χ1n) is 14.6. The van der Waals surface area contributed by atoms with Gasteiger partial charge >= 0.3 is 23.6 Å². The fourth-order valence-corrected chi connectivity index (χ4v) is 5.11. The Hall–Kier alpha value is -5.95. The molecule has 2 N–H and O–H groups in total. The molecule has 13 nitrogen and oxygen atoms in total. The highest BCUT2D eigenvalue weighted by atomic mass is 16.7. The third kappa shape index (κ3) is 6.42. The van der Waals surface area contributed by atoms with Gasteiger partial charge in [-0.15, -0.1) is 0 Å². The highest BCUT2D eigenvalue weighted by Crippen LogP contribution is 2.36. The molecule has 1 saturated heterocycles. The number of anilines is 1. The Bertz CT molecular complexity index is 2000. The van der Waals surface area contributed by atoms with Crippen molar-refractivity contribution in [3.05, 3.63) is 130 Å². The number of benzene rings is 3. The lowest BCUT2D eigenvalue weighted by molar-refractivity contribution is -0.0628. The predicted molar refractivity (Wildman–Crippen MR) is 167 cm³/mol. The minimum atomic E-state index is -1.48. The third-order valence-electron chi connectivity index (χ3n) is 7.63. The molecule has 0 amide bonds. The number of nitrogen functional groups attached to an aromatic ring is 1. The second-order valence-electron chi connectivity index (χ2n) is 10.7. The van der Waals surface area contributed by atoms with Crippen LogP contribution in [0.4, 0.5) is 5.82 Å². The number of nitrogens with zero attached hydrogens (tertiary/aromatic N) is 4. The molecule has 0 unspecified atom stereocenters. The molecular formula is C34H29N5O8. The Morgan fingerprint density at radius 2 is 1.21 bits per heavy atom. The van der Waals surface area contributed by atoms with E-state index in [2.05, 4.69) is 15.0 Å². The van der Waals surface area contributed by atoms with E-state index in [0.717, 1.165) is 4.57 Å². The normalized spacial score (nSPS) is 18.9. The maximum atomic E-state index is 13.5. The van der Waals surface area contributed by atoms with Gasteiger partial charge in [-0.1, -0.05) is 54.6 Å². The van der Waals surface area contributed by atoms with E-state index in [4.69, 9.17) is 24.7 Å². The monoisotopic (exact) mass is 635 g/mol. The van der Waals surface area contributed by atoms with Gasteiger partial charge in [0, 0.05) is 0 Å². The van der Waals surface area contributed by atoms with Crippen molar-refractivity contribution >= 4 is 34.9 Å². The number of aryl methyl sites for hydroxylation is 2. The third-order valence-corrected chi connectivity index (χ3v) is 7.63. The molecule has 4 atom stereocenters. The summed E-state index contributed by atoms with van der Waals surface area (Å²) in [5.74, 6) is -2.40. The van der Waals surface area contributed by atoms with Gasteiger partial charge in [0.2, 0.25) is 0 Å². The molecule has 6 rings (SSSR count). The summed E-state index contributed by atoms with van der Waals surface area (Å²) in [6.07, 6.45) is -5.54. The van der Waals surface area contributed by atoms with Crippen LogP contribution in [0.15, 0.2) is 95.8 Å². The van der Waals surface area contributed by atoms with Gasteiger partial charge in [-0.05, 0) is 50.2 Å². The van der Waals surface area contributed by atoms with Gasteiger partial charge in [0.15, 0.2) is 24.1 Å². The summed E-state index contributed by atoms with van der Waals surface area (Å²) in [6.45, 7) is 3.00. The summed E-state index contributed by atoms with van der Waals surface area (Å²) in [5.41, 5.74) is 7.53. The van der Waals surface area contributed by atoms with Gasteiger partial charge in [0.05, 0.1) is 28.1 Å². The summed E-state index contributed by atoms with van der Waals surface area (Å²) < 4.78 is 24.6. The van der Waals surface area contributed by atoms with Crippen molar-refractivity contribution in [3.63, 3.8) is 0 Å². The molecule has 1 aliphatic heterocycles. The number of carbonyl (C=O) groups excluding carboxylic acids is 3. The Kier molecular flexibility index (Phi) is 8.71. The number of ether oxygens (including phenoxy) is 4. The minimum absolute atomic E-state index is 0.0167. The molecule has 13 heteroatoms. The second-order valence-corrected chi connectivity index (χ2v) is 10.7.